The molecule has 0 radical (unpaired) electrons. The lowest BCUT2D eigenvalue weighted by atomic mass is 10.1. The van der Waals surface area contributed by atoms with Gasteiger partial charge in [0.1, 0.15) is 0 Å². The van der Waals surface area contributed by atoms with E-state index in [1.165, 1.54) is 11.8 Å². The Balaban J connectivity index is 1.66. The number of nitrogens with zero attached hydrogens (tertiary/aromatic N) is 2. The van der Waals surface area contributed by atoms with Gasteiger partial charge < -0.3 is 9.73 Å². The van der Waals surface area contributed by atoms with Crippen LogP contribution in [0.3, 0.4) is 0 Å². The van der Waals surface area contributed by atoms with E-state index < -0.39 is 0 Å². The SMILES string of the molecule is Cc1nnc(SCC(=O)NCCc2ccc(Cl)cc2)o1. The fraction of sp³-hybridized carbons (Fsp3) is 0.308. The number of aryl methyl sites for hydroxylation is 1. The molecule has 0 fully saturated rings. The number of hydrogen-bond acceptors (Lipinski definition) is 5. The Morgan fingerprint density at radius 3 is 2.75 bits per heavy atom. The Kier molecular flexibility index (Phi) is 5.43. The van der Waals surface area contributed by atoms with Crippen molar-refractivity contribution in [2.75, 3.05) is 12.3 Å². The number of aromatic nitrogens is 2. The number of halogens is 1. The first kappa shape index (κ1) is 14.9. The number of nitrogens with one attached hydrogen (secondary N) is 1. The van der Waals surface area contributed by atoms with Crippen LogP contribution in [0.15, 0.2) is 33.9 Å². The summed E-state index contributed by atoms with van der Waals surface area (Å²) in [6, 6.07) is 7.58. The lowest BCUT2D eigenvalue weighted by molar-refractivity contribution is -0.118. The molecule has 1 aromatic heterocycles. The van der Waals surface area contributed by atoms with Gasteiger partial charge in [0, 0.05) is 18.5 Å². The molecule has 1 amide bonds. The second-order valence-corrected chi connectivity index (χ2v) is 5.47. The Bertz CT molecular complexity index is 571. The van der Waals surface area contributed by atoms with Crippen molar-refractivity contribution in [1.29, 1.82) is 0 Å². The largest absolute Gasteiger partial charge is 0.416 e. The first-order valence-electron chi connectivity index (χ1n) is 6.07. The van der Waals surface area contributed by atoms with Crippen molar-refractivity contribution in [3.63, 3.8) is 0 Å². The Morgan fingerprint density at radius 1 is 1.35 bits per heavy atom. The van der Waals surface area contributed by atoms with Crippen molar-refractivity contribution in [2.24, 2.45) is 0 Å². The van der Waals surface area contributed by atoms with Crippen molar-refractivity contribution in [3.05, 3.63) is 40.7 Å². The minimum absolute atomic E-state index is 0.0557. The highest BCUT2D eigenvalue weighted by Crippen LogP contribution is 2.14. The third-order valence-corrected chi connectivity index (χ3v) is 3.55. The number of benzene rings is 1. The average Bonchev–Trinajstić information content (AvgIpc) is 2.85. The number of carbonyl (C=O) groups is 1. The number of amides is 1. The molecule has 0 atom stereocenters. The van der Waals surface area contributed by atoms with E-state index in [9.17, 15) is 4.79 Å². The molecular weight excluding hydrogens is 298 g/mol. The predicted octanol–water partition coefficient (Wildman–Crippen LogP) is 2.48. The van der Waals surface area contributed by atoms with Gasteiger partial charge in [-0.2, -0.15) is 0 Å². The van der Waals surface area contributed by atoms with E-state index in [4.69, 9.17) is 16.0 Å². The van der Waals surface area contributed by atoms with Gasteiger partial charge in [-0.05, 0) is 24.1 Å². The topological polar surface area (TPSA) is 68.0 Å². The van der Waals surface area contributed by atoms with Gasteiger partial charge in [0.2, 0.25) is 11.8 Å². The van der Waals surface area contributed by atoms with Gasteiger partial charge in [-0.1, -0.05) is 35.5 Å². The molecule has 0 aliphatic heterocycles. The third-order valence-electron chi connectivity index (χ3n) is 2.48. The van der Waals surface area contributed by atoms with E-state index in [1.807, 2.05) is 24.3 Å². The summed E-state index contributed by atoms with van der Waals surface area (Å²) >= 11 is 7.03. The van der Waals surface area contributed by atoms with Crippen LogP contribution in [0.25, 0.3) is 0 Å². The van der Waals surface area contributed by atoms with Crippen molar-refractivity contribution in [2.45, 2.75) is 18.6 Å². The summed E-state index contributed by atoms with van der Waals surface area (Å²) in [7, 11) is 0. The third kappa shape index (κ3) is 4.86. The molecule has 0 spiro atoms. The fourth-order valence-corrected chi connectivity index (χ4v) is 2.27. The van der Waals surface area contributed by atoms with Crippen molar-refractivity contribution >= 4 is 29.3 Å². The summed E-state index contributed by atoms with van der Waals surface area (Å²) in [6.07, 6.45) is 0.771. The van der Waals surface area contributed by atoms with E-state index in [1.54, 1.807) is 6.92 Å². The highest BCUT2D eigenvalue weighted by molar-refractivity contribution is 7.99. The standard InChI is InChI=1S/C13H14ClN3O2S/c1-9-16-17-13(19-9)20-8-12(18)15-7-6-10-2-4-11(14)5-3-10/h2-5H,6-8H2,1H3,(H,15,18). The Labute approximate surface area is 126 Å². The van der Waals surface area contributed by atoms with E-state index in [-0.39, 0.29) is 11.7 Å². The lowest BCUT2D eigenvalue weighted by Gasteiger charge is -2.04. The second kappa shape index (κ2) is 7.31. The molecule has 5 nitrogen and oxygen atoms in total. The highest BCUT2D eigenvalue weighted by atomic mass is 35.5. The minimum atomic E-state index is -0.0557. The first-order chi connectivity index (χ1) is 9.63. The molecule has 1 N–H and O–H groups in total. The minimum Gasteiger partial charge on any atom is -0.416 e. The van der Waals surface area contributed by atoms with Crippen LogP contribution in [0.2, 0.25) is 5.02 Å². The molecule has 1 heterocycles. The normalized spacial score (nSPS) is 10.5. The van der Waals surface area contributed by atoms with Crippen molar-refractivity contribution in [3.8, 4) is 0 Å². The van der Waals surface area contributed by atoms with Crippen LogP contribution in [0.4, 0.5) is 0 Å². The quantitative estimate of drug-likeness (QED) is 0.830. The van der Waals surface area contributed by atoms with E-state index in [2.05, 4.69) is 15.5 Å². The second-order valence-electron chi connectivity index (χ2n) is 4.10. The van der Waals surface area contributed by atoms with Crippen LogP contribution >= 0.6 is 23.4 Å². The van der Waals surface area contributed by atoms with Gasteiger partial charge in [-0.25, -0.2) is 0 Å². The van der Waals surface area contributed by atoms with Gasteiger partial charge in [-0.3, -0.25) is 4.79 Å². The molecule has 7 heteroatoms. The molecule has 0 bridgehead atoms. The Morgan fingerprint density at radius 2 is 2.10 bits per heavy atom. The zero-order chi connectivity index (χ0) is 14.4. The molecule has 0 saturated heterocycles. The van der Waals surface area contributed by atoms with Gasteiger partial charge >= 0.3 is 0 Å². The number of hydrogen-bond donors (Lipinski definition) is 1. The van der Waals surface area contributed by atoms with Crippen LogP contribution in [0.5, 0.6) is 0 Å². The summed E-state index contributed by atoms with van der Waals surface area (Å²) in [5.74, 6) is 0.706. The van der Waals surface area contributed by atoms with Crippen LogP contribution in [0.1, 0.15) is 11.5 Å². The molecule has 0 aliphatic rings. The summed E-state index contributed by atoms with van der Waals surface area (Å²) in [6.45, 7) is 2.30. The van der Waals surface area contributed by atoms with Gasteiger partial charge in [0.15, 0.2) is 0 Å². The maximum Gasteiger partial charge on any atom is 0.277 e. The molecule has 106 valence electrons. The van der Waals surface area contributed by atoms with Gasteiger partial charge in [0.05, 0.1) is 5.75 Å². The van der Waals surface area contributed by atoms with Gasteiger partial charge in [-0.15, -0.1) is 10.2 Å². The average molecular weight is 312 g/mol. The fourth-order valence-electron chi connectivity index (χ4n) is 1.51. The lowest BCUT2D eigenvalue weighted by Crippen LogP contribution is -2.27. The van der Waals surface area contributed by atoms with Crippen LogP contribution < -0.4 is 5.32 Å². The monoisotopic (exact) mass is 311 g/mol. The number of rotatable bonds is 6. The van der Waals surface area contributed by atoms with Crippen LogP contribution in [-0.2, 0) is 11.2 Å². The highest BCUT2D eigenvalue weighted by Gasteiger charge is 2.07. The van der Waals surface area contributed by atoms with E-state index in [0.29, 0.717) is 22.7 Å². The van der Waals surface area contributed by atoms with E-state index in [0.717, 1.165) is 12.0 Å². The predicted molar refractivity (Wildman–Crippen MR) is 77.9 cm³/mol. The zero-order valence-electron chi connectivity index (χ0n) is 10.9. The molecular formula is C13H14ClN3O2S. The molecule has 1 aromatic carbocycles. The molecule has 2 aromatic rings. The smallest absolute Gasteiger partial charge is 0.277 e. The van der Waals surface area contributed by atoms with Crippen LogP contribution in [0, 0.1) is 6.92 Å². The van der Waals surface area contributed by atoms with Crippen molar-refractivity contribution in [1.82, 2.24) is 15.5 Å². The molecule has 0 aliphatic carbocycles. The number of thioether (sulfide) groups is 1. The molecule has 20 heavy (non-hydrogen) atoms. The molecule has 0 saturated carbocycles. The van der Waals surface area contributed by atoms with Gasteiger partial charge in [0.25, 0.3) is 5.22 Å². The molecule has 0 unspecified atom stereocenters. The number of carbonyl (C=O) groups excluding carboxylic acids is 1. The van der Waals surface area contributed by atoms with Crippen LogP contribution in [-0.4, -0.2) is 28.4 Å². The van der Waals surface area contributed by atoms with E-state index >= 15 is 0 Å². The summed E-state index contributed by atoms with van der Waals surface area (Å²) in [5, 5.41) is 11.5. The summed E-state index contributed by atoms with van der Waals surface area (Å²) in [5.41, 5.74) is 1.13. The summed E-state index contributed by atoms with van der Waals surface area (Å²) in [4.78, 5) is 11.6. The Hall–Kier alpha value is -1.53. The zero-order valence-corrected chi connectivity index (χ0v) is 12.5. The van der Waals surface area contributed by atoms with Crippen molar-refractivity contribution < 1.29 is 9.21 Å². The summed E-state index contributed by atoms with van der Waals surface area (Å²) < 4.78 is 5.17. The maximum atomic E-state index is 11.6. The first-order valence-corrected chi connectivity index (χ1v) is 7.44. The maximum absolute atomic E-state index is 11.6. The molecule has 2 rings (SSSR count).